The maximum absolute atomic E-state index is 6.00. The Labute approximate surface area is 144 Å². The number of halogens is 1. The summed E-state index contributed by atoms with van der Waals surface area (Å²) in [6, 6.07) is 5.52. The van der Waals surface area contributed by atoms with E-state index in [1.54, 1.807) is 17.8 Å². The van der Waals surface area contributed by atoms with Gasteiger partial charge in [0.2, 0.25) is 0 Å². The Kier molecular flexibility index (Phi) is 4.61. The highest BCUT2D eigenvalue weighted by Gasteiger charge is 2.07. The third-order valence-electron chi connectivity index (χ3n) is 3.45. The van der Waals surface area contributed by atoms with Crippen LogP contribution in [0.1, 0.15) is 22.6 Å². The van der Waals surface area contributed by atoms with Gasteiger partial charge in [-0.1, -0.05) is 16.8 Å². The fourth-order valence-electron chi connectivity index (χ4n) is 2.16. The quantitative estimate of drug-likeness (QED) is 0.764. The van der Waals surface area contributed by atoms with Crippen LogP contribution in [-0.2, 0) is 13.2 Å². The maximum atomic E-state index is 6.00. The first-order valence-electron chi connectivity index (χ1n) is 7.37. The normalized spacial score (nSPS) is 10.8. The highest BCUT2D eigenvalue weighted by Crippen LogP contribution is 2.21. The monoisotopic (exact) mass is 344 g/mol. The molecule has 0 aliphatic carbocycles. The molecule has 0 fully saturated rings. The maximum Gasteiger partial charge on any atom is 0.134 e. The highest BCUT2D eigenvalue weighted by molar-refractivity contribution is 6.31. The van der Waals surface area contributed by atoms with Crippen molar-refractivity contribution in [1.82, 2.24) is 25.0 Å². The predicted octanol–water partition coefficient (Wildman–Crippen LogP) is 2.55. The molecule has 0 saturated heterocycles. The van der Waals surface area contributed by atoms with Crippen LogP contribution in [0.4, 0.5) is 5.82 Å². The van der Waals surface area contributed by atoms with Crippen LogP contribution in [-0.4, -0.2) is 25.0 Å². The minimum atomic E-state index is 0.320. The van der Waals surface area contributed by atoms with E-state index in [-0.39, 0.29) is 0 Å². The van der Waals surface area contributed by atoms with Crippen molar-refractivity contribution in [1.29, 1.82) is 0 Å². The summed E-state index contributed by atoms with van der Waals surface area (Å²) in [6.45, 7) is 4.50. The van der Waals surface area contributed by atoms with E-state index in [4.69, 9.17) is 22.1 Å². The van der Waals surface area contributed by atoms with Crippen LogP contribution < -0.4 is 10.5 Å². The van der Waals surface area contributed by atoms with Gasteiger partial charge in [0.15, 0.2) is 0 Å². The molecule has 2 aromatic heterocycles. The van der Waals surface area contributed by atoms with Gasteiger partial charge in [-0.05, 0) is 37.6 Å². The fraction of sp³-hybridized carbons (Fsp3) is 0.250. The molecule has 24 heavy (non-hydrogen) atoms. The number of nitrogens with two attached hydrogens (primary N) is 1. The van der Waals surface area contributed by atoms with E-state index >= 15 is 0 Å². The first kappa shape index (κ1) is 16.2. The molecular formula is C16H17ClN6O. The zero-order valence-electron chi connectivity index (χ0n) is 13.4. The van der Waals surface area contributed by atoms with Crippen molar-refractivity contribution < 1.29 is 4.74 Å². The van der Waals surface area contributed by atoms with E-state index in [0.717, 1.165) is 16.9 Å². The summed E-state index contributed by atoms with van der Waals surface area (Å²) in [6.07, 6.45) is 3.51. The Morgan fingerprint density at radius 1 is 1.29 bits per heavy atom. The molecule has 0 bridgehead atoms. The van der Waals surface area contributed by atoms with Crippen molar-refractivity contribution in [3.05, 3.63) is 58.3 Å². The van der Waals surface area contributed by atoms with Crippen LogP contribution in [0.5, 0.6) is 5.75 Å². The van der Waals surface area contributed by atoms with E-state index in [9.17, 15) is 0 Å². The van der Waals surface area contributed by atoms with Crippen LogP contribution in [0.3, 0.4) is 0 Å². The number of aryl methyl sites for hydroxylation is 2. The van der Waals surface area contributed by atoms with E-state index in [2.05, 4.69) is 20.3 Å². The second kappa shape index (κ2) is 6.84. The molecule has 1 aromatic carbocycles. The Morgan fingerprint density at radius 3 is 2.88 bits per heavy atom. The summed E-state index contributed by atoms with van der Waals surface area (Å²) in [7, 11) is 0. The third kappa shape index (κ3) is 3.80. The SMILES string of the molecule is Cc1ncc(Cn2cc(COc3ccc(Cl)c(C)c3)nn2)c(N)n1. The summed E-state index contributed by atoms with van der Waals surface area (Å²) in [5.41, 5.74) is 8.37. The van der Waals surface area contributed by atoms with Gasteiger partial charge in [0.1, 0.15) is 29.7 Å². The third-order valence-corrected chi connectivity index (χ3v) is 3.88. The number of ether oxygens (including phenoxy) is 1. The van der Waals surface area contributed by atoms with Gasteiger partial charge in [0.05, 0.1) is 12.7 Å². The molecule has 7 nitrogen and oxygen atoms in total. The molecule has 124 valence electrons. The molecule has 3 aromatic rings. The summed E-state index contributed by atoms with van der Waals surface area (Å²) in [5.74, 6) is 1.83. The molecule has 2 heterocycles. The van der Waals surface area contributed by atoms with Crippen molar-refractivity contribution in [2.75, 3.05) is 5.73 Å². The Balaban J connectivity index is 1.63. The number of nitrogens with zero attached hydrogens (tertiary/aromatic N) is 5. The lowest BCUT2D eigenvalue weighted by atomic mass is 10.2. The van der Waals surface area contributed by atoms with Gasteiger partial charge in [-0.15, -0.1) is 5.10 Å². The summed E-state index contributed by atoms with van der Waals surface area (Å²) < 4.78 is 7.38. The standard InChI is InChI=1S/C16H17ClN6O/c1-10-5-14(3-4-15(10)17)24-9-13-8-23(22-21-13)7-12-6-19-11(2)20-16(12)18/h3-6,8H,7,9H2,1-2H3,(H2,18,19,20). The fourth-order valence-corrected chi connectivity index (χ4v) is 2.27. The summed E-state index contributed by atoms with van der Waals surface area (Å²) in [5, 5.41) is 8.88. The van der Waals surface area contributed by atoms with E-state index in [0.29, 0.717) is 35.5 Å². The molecular weight excluding hydrogens is 328 g/mol. The first-order valence-corrected chi connectivity index (χ1v) is 7.75. The minimum absolute atomic E-state index is 0.320. The second-order valence-corrected chi connectivity index (χ2v) is 5.84. The molecule has 0 radical (unpaired) electrons. The average Bonchev–Trinajstić information content (AvgIpc) is 2.99. The van der Waals surface area contributed by atoms with Crippen molar-refractivity contribution in [3.8, 4) is 5.75 Å². The second-order valence-electron chi connectivity index (χ2n) is 5.43. The van der Waals surface area contributed by atoms with Crippen LogP contribution >= 0.6 is 11.6 Å². The largest absolute Gasteiger partial charge is 0.487 e. The number of rotatable bonds is 5. The van der Waals surface area contributed by atoms with Gasteiger partial charge >= 0.3 is 0 Å². The molecule has 2 N–H and O–H groups in total. The number of anilines is 1. The van der Waals surface area contributed by atoms with Gasteiger partial charge < -0.3 is 10.5 Å². The lowest BCUT2D eigenvalue weighted by Gasteiger charge is -2.06. The van der Waals surface area contributed by atoms with E-state index in [1.807, 2.05) is 31.3 Å². The Bertz CT molecular complexity index is 864. The molecule has 0 atom stereocenters. The molecule has 0 aliphatic rings. The Hall–Kier alpha value is -2.67. The van der Waals surface area contributed by atoms with Gasteiger partial charge in [0, 0.05) is 16.8 Å². The van der Waals surface area contributed by atoms with Gasteiger partial charge in [-0.25, -0.2) is 14.6 Å². The Morgan fingerprint density at radius 2 is 2.12 bits per heavy atom. The van der Waals surface area contributed by atoms with Crippen molar-refractivity contribution in [2.45, 2.75) is 27.0 Å². The first-order chi connectivity index (χ1) is 11.5. The lowest BCUT2D eigenvalue weighted by molar-refractivity contribution is 0.301. The van der Waals surface area contributed by atoms with Crippen LogP contribution in [0, 0.1) is 13.8 Å². The van der Waals surface area contributed by atoms with Crippen LogP contribution in [0.15, 0.2) is 30.6 Å². The number of aromatic nitrogens is 5. The minimum Gasteiger partial charge on any atom is -0.487 e. The van der Waals surface area contributed by atoms with Crippen molar-refractivity contribution in [3.63, 3.8) is 0 Å². The molecule has 0 unspecified atom stereocenters. The number of hydrogen-bond donors (Lipinski definition) is 1. The number of nitrogen functional groups attached to an aromatic ring is 1. The van der Waals surface area contributed by atoms with Gasteiger partial charge in [0.25, 0.3) is 0 Å². The van der Waals surface area contributed by atoms with Crippen LogP contribution in [0.25, 0.3) is 0 Å². The van der Waals surface area contributed by atoms with Crippen molar-refractivity contribution in [2.24, 2.45) is 0 Å². The van der Waals surface area contributed by atoms with Gasteiger partial charge in [-0.2, -0.15) is 0 Å². The molecule has 8 heteroatoms. The smallest absolute Gasteiger partial charge is 0.134 e. The average molecular weight is 345 g/mol. The summed E-state index contributed by atoms with van der Waals surface area (Å²) >= 11 is 6.00. The molecule has 0 spiro atoms. The zero-order chi connectivity index (χ0) is 17.1. The molecule has 0 saturated carbocycles. The predicted molar refractivity (Wildman–Crippen MR) is 90.8 cm³/mol. The lowest BCUT2D eigenvalue weighted by Crippen LogP contribution is -2.07. The van der Waals surface area contributed by atoms with Crippen LogP contribution in [0.2, 0.25) is 5.02 Å². The zero-order valence-corrected chi connectivity index (χ0v) is 14.2. The van der Waals surface area contributed by atoms with Gasteiger partial charge in [-0.3, -0.25) is 0 Å². The molecule has 3 rings (SSSR count). The van der Waals surface area contributed by atoms with E-state index < -0.39 is 0 Å². The van der Waals surface area contributed by atoms with Crippen molar-refractivity contribution >= 4 is 17.4 Å². The highest BCUT2D eigenvalue weighted by atomic mass is 35.5. The number of benzene rings is 1. The topological polar surface area (TPSA) is 91.7 Å². The molecule has 0 amide bonds. The number of hydrogen-bond acceptors (Lipinski definition) is 6. The van der Waals surface area contributed by atoms with E-state index in [1.165, 1.54) is 0 Å². The molecule has 0 aliphatic heterocycles. The summed E-state index contributed by atoms with van der Waals surface area (Å²) in [4.78, 5) is 8.28.